The number of hydrogen-bond acceptors (Lipinski definition) is 2. The van der Waals surface area contributed by atoms with Crippen molar-refractivity contribution in [1.82, 2.24) is 5.32 Å². The Labute approximate surface area is 142 Å². The molecule has 2 N–H and O–H groups in total. The number of alkyl halides is 3. The monoisotopic (exact) mass is 351 g/mol. The summed E-state index contributed by atoms with van der Waals surface area (Å²) in [6.07, 6.45) is -4.59. The zero-order valence-corrected chi connectivity index (χ0v) is 13.1. The van der Waals surface area contributed by atoms with Gasteiger partial charge >= 0.3 is 12.1 Å². The van der Waals surface area contributed by atoms with Gasteiger partial charge in [0.25, 0.3) is 5.91 Å². The molecule has 2 rings (SSSR count). The van der Waals surface area contributed by atoms with Crippen LogP contribution in [0.5, 0.6) is 0 Å². The first kappa shape index (κ1) is 18.5. The van der Waals surface area contributed by atoms with E-state index < -0.39 is 29.7 Å². The first-order valence-electron chi connectivity index (χ1n) is 7.52. The molecule has 0 aliphatic carbocycles. The fraction of sp³-hybridized carbons (Fsp3) is 0.222. The van der Waals surface area contributed by atoms with Crippen LogP contribution in [0.4, 0.5) is 13.2 Å². The number of carboxylic acid groups (broad SMARTS) is 1. The molecular weight excluding hydrogens is 335 g/mol. The second-order valence-corrected chi connectivity index (χ2v) is 5.45. The standard InChI is InChI=1S/C18H16F3NO3/c19-18(20,21)14-8-4-7-13(11-14)17(25)22-15(9-10-16(23)24)12-5-2-1-3-6-12/h1-8,11,15H,9-10H2,(H,22,25)(H,23,24). The van der Waals surface area contributed by atoms with Gasteiger partial charge in [-0.2, -0.15) is 13.2 Å². The van der Waals surface area contributed by atoms with Crippen LogP contribution in [0.2, 0.25) is 0 Å². The number of benzene rings is 2. The van der Waals surface area contributed by atoms with Crippen LogP contribution in [0.15, 0.2) is 54.6 Å². The quantitative estimate of drug-likeness (QED) is 0.825. The van der Waals surface area contributed by atoms with E-state index >= 15 is 0 Å². The van der Waals surface area contributed by atoms with Gasteiger partial charge < -0.3 is 10.4 Å². The largest absolute Gasteiger partial charge is 0.481 e. The van der Waals surface area contributed by atoms with Crippen LogP contribution >= 0.6 is 0 Å². The molecule has 0 spiro atoms. The van der Waals surface area contributed by atoms with Crippen molar-refractivity contribution in [2.75, 3.05) is 0 Å². The summed E-state index contributed by atoms with van der Waals surface area (Å²) in [6, 6.07) is 12.2. The molecule has 0 aliphatic heterocycles. The lowest BCUT2D eigenvalue weighted by molar-refractivity contribution is -0.138. The topological polar surface area (TPSA) is 66.4 Å². The fourth-order valence-electron chi connectivity index (χ4n) is 2.35. The summed E-state index contributed by atoms with van der Waals surface area (Å²) in [5.41, 5.74) is -0.364. The van der Waals surface area contributed by atoms with E-state index in [2.05, 4.69) is 5.32 Å². The minimum atomic E-state index is -4.54. The van der Waals surface area contributed by atoms with Crippen molar-refractivity contribution in [2.24, 2.45) is 0 Å². The average Bonchev–Trinajstić information content (AvgIpc) is 2.58. The maximum Gasteiger partial charge on any atom is 0.416 e. The van der Waals surface area contributed by atoms with Crippen molar-refractivity contribution in [2.45, 2.75) is 25.1 Å². The van der Waals surface area contributed by atoms with E-state index in [0.29, 0.717) is 5.56 Å². The number of carbonyl (C=O) groups is 2. The van der Waals surface area contributed by atoms with E-state index in [0.717, 1.165) is 18.2 Å². The van der Waals surface area contributed by atoms with Gasteiger partial charge in [0.15, 0.2) is 0 Å². The third kappa shape index (κ3) is 5.34. The number of carbonyl (C=O) groups excluding carboxylic acids is 1. The third-order valence-corrected chi connectivity index (χ3v) is 3.61. The summed E-state index contributed by atoms with van der Waals surface area (Å²) in [4.78, 5) is 23.1. The molecule has 132 valence electrons. The SMILES string of the molecule is O=C(O)CCC(NC(=O)c1cccc(C(F)(F)F)c1)c1ccccc1. The summed E-state index contributed by atoms with van der Waals surface area (Å²) in [5, 5.41) is 11.5. The predicted molar refractivity (Wildman–Crippen MR) is 85.0 cm³/mol. The molecule has 1 amide bonds. The molecule has 4 nitrogen and oxygen atoms in total. The summed E-state index contributed by atoms with van der Waals surface area (Å²) in [6.45, 7) is 0. The van der Waals surface area contributed by atoms with E-state index in [4.69, 9.17) is 5.11 Å². The maximum atomic E-state index is 12.8. The maximum absolute atomic E-state index is 12.8. The molecule has 0 radical (unpaired) electrons. The first-order valence-corrected chi connectivity index (χ1v) is 7.52. The Morgan fingerprint density at radius 3 is 2.32 bits per heavy atom. The van der Waals surface area contributed by atoms with Crippen molar-refractivity contribution in [1.29, 1.82) is 0 Å². The minimum absolute atomic E-state index is 0.129. The van der Waals surface area contributed by atoms with Gasteiger partial charge in [0.2, 0.25) is 0 Å². The van der Waals surface area contributed by atoms with Crippen molar-refractivity contribution < 1.29 is 27.9 Å². The molecule has 7 heteroatoms. The minimum Gasteiger partial charge on any atom is -0.481 e. The van der Waals surface area contributed by atoms with Gasteiger partial charge in [-0.3, -0.25) is 9.59 Å². The normalized spacial score (nSPS) is 12.4. The van der Waals surface area contributed by atoms with Crippen molar-refractivity contribution in [3.05, 3.63) is 71.3 Å². The highest BCUT2D eigenvalue weighted by Gasteiger charge is 2.31. The van der Waals surface area contributed by atoms with Crippen LogP contribution in [-0.2, 0) is 11.0 Å². The lowest BCUT2D eigenvalue weighted by Crippen LogP contribution is -2.29. The van der Waals surface area contributed by atoms with Crippen molar-refractivity contribution in [3.63, 3.8) is 0 Å². The Morgan fingerprint density at radius 2 is 1.72 bits per heavy atom. The highest BCUT2D eigenvalue weighted by molar-refractivity contribution is 5.94. The highest BCUT2D eigenvalue weighted by Crippen LogP contribution is 2.29. The average molecular weight is 351 g/mol. The van der Waals surface area contributed by atoms with Crippen LogP contribution in [0, 0.1) is 0 Å². The van der Waals surface area contributed by atoms with Crippen LogP contribution in [0.25, 0.3) is 0 Å². The Bertz CT molecular complexity index is 745. The van der Waals surface area contributed by atoms with E-state index in [1.807, 2.05) is 0 Å². The molecule has 2 aromatic carbocycles. The van der Waals surface area contributed by atoms with E-state index in [-0.39, 0.29) is 18.4 Å². The van der Waals surface area contributed by atoms with Crippen LogP contribution in [0.1, 0.15) is 40.4 Å². The molecule has 0 fully saturated rings. The second-order valence-electron chi connectivity index (χ2n) is 5.45. The second kappa shape index (κ2) is 7.83. The van der Waals surface area contributed by atoms with E-state index in [1.165, 1.54) is 6.07 Å². The molecule has 25 heavy (non-hydrogen) atoms. The summed E-state index contributed by atoms with van der Waals surface area (Å²) >= 11 is 0. The molecule has 0 aliphatic rings. The van der Waals surface area contributed by atoms with Crippen molar-refractivity contribution >= 4 is 11.9 Å². The molecule has 0 aromatic heterocycles. The van der Waals surface area contributed by atoms with Gasteiger partial charge in [-0.1, -0.05) is 36.4 Å². The van der Waals surface area contributed by atoms with Gasteiger partial charge in [-0.05, 0) is 30.2 Å². The zero-order chi connectivity index (χ0) is 18.4. The smallest absolute Gasteiger partial charge is 0.416 e. The molecule has 0 heterocycles. The Hall–Kier alpha value is -2.83. The molecule has 0 saturated heterocycles. The zero-order valence-electron chi connectivity index (χ0n) is 13.1. The lowest BCUT2D eigenvalue weighted by Gasteiger charge is -2.19. The fourth-order valence-corrected chi connectivity index (χ4v) is 2.35. The summed E-state index contributed by atoms with van der Waals surface area (Å²) < 4.78 is 38.3. The van der Waals surface area contributed by atoms with Crippen LogP contribution in [-0.4, -0.2) is 17.0 Å². The third-order valence-electron chi connectivity index (χ3n) is 3.61. The number of halogens is 3. The number of amides is 1. The first-order chi connectivity index (χ1) is 11.8. The molecule has 2 aromatic rings. The van der Waals surface area contributed by atoms with Crippen molar-refractivity contribution in [3.8, 4) is 0 Å². The van der Waals surface area contributed by atoms with Crippen LogP contribution in [0.3, 0.4) is 0 Å². The Kier molecular flexibility index (Phi) is 5.80. The summed E-state index contributed by atoms with van der Waals surface area (Å²) in [7, 11) is 0. The lowest BCUT2D eigenvalue weighted by atomic mass is 10.0. The molecule has 1 unspecified atom stereocenters. The van der Waals surface area contributed by atoms with E-state index in [1.54, 1.807) is 30.3 Å². The van der Waals surface area contributed by atoms with Gasteiger partial charge in [0.05, 0.1) is 11.6 Å². The van der Waals surface area contributed by atoms with Gasteiger partial charge in [-0.25, -0.2) is 0 Å². The number of hydrogen-bond donors (Lipinski definition) is 2. The molecular formula is C18H16F3NO3. The Balaban J connectivity index is 2.20. The van der Waals surface area contributed by atoms with Crippen LogP contribution < -0.4 is 5.32 Å². The van der Waals surface area contributed by atoms with Gasteiger partial charge in [-0.15, -0.1) is 0 Å². The number of nitrogens with one attached hydrogen (secondary N) is 1. The number of rotatable bonds is 6. The summed E-state index contributed by atoms with van der Waals surface area (Å²) in [5.74, 6) is -1.71. The Morgan fingerprint density at radius 1 is 1.04 bits per heavy atom. The number of carboxylic acids is 1. The van der Waals surface area contributed by atoms with E-state index in [9.17, 15) is 22.8 Å². The predicted octanol–water partition coefficient (Wildman–Crippen LogP) is 4.04. The van der Waals surface area contributed by atoms with Gasteiger partial charge in [0.1, 0.15) is 0 Å². The molecule has 1 atom stereocenters. The highest BCUT2D eigenvalue weighted by atomic mass is 19.4. The molecule has 0 saturated carbocycles. The number of aliphatic carboxylic acids is 1. The molecule has 0 bridgehead atoms. The van der Waals surface area contributed by atoms with Gasteiger partial charge in [0, 0.05) is 12.0 Å².